The molecule has 0 amide bonds. The number of carbonyl (C=O) groups is 1. The lowest BCUT2D eigenvalue weighted by Gasteiger charge is -2.08. The van der Waals surface area contributed by atoms with Gasteiger partial charge in [0.2, 0.25) is 0 Å². The Morgan fingerprint density at radius 1 is 1.59 bits per heavy atom. The second kappa shape index (κ2) is 4.16. The van der Waals surface area contributed by atoms with Crippen molar-refractivity contribution in [3.63, 3.8) is 0 Å². The number of hydrogen-bond donors (Lipinski definition) is 1. The third kappa shape index (κ3) is 2.13. The highest BCUT2D eigenvalue weighted by molar-refractivity contribution is 5.76. The summed E-state index contributed by atoms with van der Waals surface area (Å²) in [6.45, 7) is 1.80. The molecule has 90 valence electrons. The highest BCUT2D eigenvalue weighted by atomic mass is 19.1. The molecule has 0 fully saturated rings. The van der Waals surface area contributed by atoms with Gasteiger partial charge in [-0.1, -0.05) is 6.92 Å². The van der Waals surface area contributed by atoms with Crippen LogP contribution in [-0.2, 0) is 11.8 Å². The van der Waals surface area contributed by atoms with Crippen molar-refractivity contribution >= 4 is 17.0 Å². The molecule has 0 saturated heterocycles. The number of carboxylic acid groups (broad SMARTS) is 1. The third-order valence-corrected chi connectivity index (χ3v) is 2.80. The molecular formula is C12H13FN2O2. The Morgan fingerprint density at radius 3 is 2.94 bits per heavy atom. The van der Waals surface area contributed by atoms with Gasteiger partial charge in [0.05, 0.1) is 17.5 Å². The predicted molar refractivity (Wildman–Crippen MR) is 61.3 cm³/mol. The second-order valence-corrected chi connectivity index (χ2v) is 4.16. The highest BCUT2D eigenvalue weighted by Gasteiger charge is 2.17. The van der Waals surface area contributed by atoms with E-state index in [0.717, 1.165) is 5.52 Å². The molecule has 17 heavy (non-hydrogen) atoms. The van der Waals surface area contributed by atoms with Gasteiger partial charge in [0.1, 0.15) is 11.6 Å². The molecule has 1 atom stereocenters. The van der Waals surface area contributed by atoms with E-state index in [1.54, 1.807) is 20.0 Å². The molecule has 1 heterocycles. The van der Waals surface area contributed by atoms with Crippen LogP contribution in [0.25, 0.3) is 11.0 Å². The summed E-state index contributed by atoms with van der Waals surface area (Å²) in [7, 11) is 1.81. The molecule has 2 aromatic rings. The number of fused-ring (bicyclic) bond motifs is 1. The fourth-order valence-electron chi connectivity index (χ4n) is 1.99. The summed E-state index contributed by atoms with van der Waals surface area (Å²) in [5, 5.41) is 8.76. The monoisotopic (exact) mass is 236 g/mol. The quantitative estimate of drug-likeness (QED) is 0.889. The SMILES string of the molecule is CC(CC(=O)O)c1nc2cc(F)ccc2n1C. The number of halogens is 1. The first kappa shape index (κ1) is 11.6. The third-order valence-electron chi connectivity index (χ3n) is 2.80. The maximum atomic E-state index is 13.0. The van der Waals surface area contributed by atoms with Crippen LogP contribution in [-0.4, -0.2) is 20.6 Å². The molecule has 1 N–H and O–H groups in total. The Kier molecular flexibility index (Phi) is 2.83. The van der Waals surface area contributed by atoms with E-state index >= 15 is 0 Å². The van der Waals surface area contributed by atoms with Gasteiger partial charge in [-0.05, 0) is 12.1 Å². The minimum Gasteiger partial charge on any atom is -0.481 e. The van der Waals surface area contributed by atoms with Crippen LogP contribution >= 0.6 is 0 Å². The van der Waals surface area contributed by atoms with Crippen molar-refractivity contribution in [3.8, 4) is 0 Å². The molecule has 1 unspecified atom stereocenters. The van der Waals surface area contributed by atoms with Gasteiger partial charge in [0.25, 0.3) is 0 Å². The first-order valence-electron chi connectivity index (χ1n) is 5.32. The molecule has 1 aromatic heterocycles. The van der Waals surface area contributed by atoms with Gasteiger partial charge in [-0.15, -0.1) is 0 Å². The van der Waals surface area contributed by atoms with Crippen molar-refractivity contribution < 1.29 is 14.3 Å². The Labute approximate surface area is 97.7 Å². The summed E-state index contributed by atoms with van der Waals surface area (Å²) in [5.41, 5.74) is 1.36. The molecular weight excluding hydrogens is 223 g/mol. The first-order chi connectivity index (χ1) is 7.99. The summed E-state index contributed by atoms with van der Waals surface area (Å²) < 4.78 is 14.9. The number of benzene rings is 1. The minimum atomic E-state index is -0.865. The summed E-state index contributed by atoms with van der Waals surface area (Å²) >= 11 is 0. The van der Waals surface area contributed by atoms with Gasteiger partial charge in [-0.2, -0.15) is 0 Å². The first-order valence-corrected chi connectivity index (χ1v) is 5.32. The van der Waals surface area contributed by atoms with Crippen LogP contribution < -0.4 is 0 Å². The Morgan fingerprint density at radius 2 is 2.29 bits per heavy atom. The molecule has 0 radical (unpaired) electrons. The molecule has 0 saturated carbocycles. The molecule has 0 aliphatic heterocycles. The van der Waals surface area contributed by atoms with Crippen LogP contribution in [0.4, 0.5) is 4.39 Å². The van der Waals surface area contributed by atoms with Crippen molar-refractivity contribution in [2.24, 2.45) is 7.05 Å². The lowest BCUT2D eigenvalue weighted by atomic mass is 10.1. The smallest absolute Gasteiger partial charge is 0.304 e. The number of carboxylic acids is 1. The van der Waals surface area contributed by atoms with Gasteiger partial charge in [-0.3, -0.25) is 4.79 Å². The summed E-state index contributed by atoms with van der Waals surface area (Å²) in [4.78, 5) is 15.0. The average Bonchev–Trinajstić information content (AvgIpc) is 2.54. The standard InChI is InChI=1S/C12H13FN2O2/c1-7(5-11(16)17)12-14-9-6-8(13)3-4-10(9)15(12)2/h3-4,6-7H,5H2,1-2H3,(H,16,17). The molecule has 0 aliphatic carbocycles. The van der Waals surface area contributed by atoms with Crippen molar-refractivity contribution in [2.45, 2.75) is 19.3 Å². The zero-order valence-electron chi connectivity index (χ0n) is 9.64. The van der Waals surface area contributed by atoms with Crippen LogP contribution in [0.1, 0.15) is 25.1 Å². The highest BCUT2D eigenvalue weighted by Crippen LogP contribution is 2.23. The number of aliphatic carboxylic acids is 1. The van der Waals surface area contributed by atoms with Crippen molar-refractivity contribution in [2.75, 3.05) is 0 Å². The van der Waals surface area contributed by atoms with Gasteiger partial charge in [-0.25, -0.2) is 9.37 Å². The lowest BCUT2D eigenvalue weighted by molar-refractivity contribution is -0.137. The maximum Gasteiger partial charge on any atom is 0.304 e. The van der Waals surface area contributed by atoms with E-state index in [1.165, 1.54) is 12.1 Å². The number of imidazole rings is 1. The Hall–Kier alpha value is -1.91. The van der Waals surface area contributed by atoms with Gasteiger partial charge < -0.3 is 9.67 Å². The van der Waals surface area contributed by atoms with E-state index in [9.17, 15) is 9.18 Å². The van der Waals surface area contributed by atoms with E-state index < -0.39 is 5.97 Å². The van der Waals surface area contributed by atoms with Crippen LogP contribution in [0.3, 0.4) is 0 Å². The maximum absolute atomic E-state index is 13.0. The molecule has 0 spiro atoms. The van der Waals surface area contributed by atoms with Crippen LogP contribution in [0, 0.1) is 5.82 Å². The van der Waals surface area contributed by atoms with Gasteiger partial charge in [0.15, 0.2) is 0 Å². The fraction of sp³-hybridized carbons (Fsp3) is 0.333. The summed E-state index contributed by atoms with van der Waals surface area (Å²) in [5.74, 6) is -0.746. The van der Waals surface area contributed by atoms with E-state index in [-0.39, 0.29) is 18.2 Å². The molecule has 0 aliphatic rings. The normalized spacial score (nSPS) is 12.9. The van der Waals surface area contributed by atoms with Gasteiger partial charge >= 0.3 is 5.97 Å². The zero-order chi connectivity index (χ0) is 12.6. The van der Waals surface area contributed by atoms with Gasteiger partial charge in [0, 0.05) is 19.0 Å². The Bertz CT molecular complexity index is 577. The second-order valence-electron chi connectivity index (χ2n) is 4.16. The predicted octanol–water partition coefficient (Wildman–Crippen LogP) is 2.29. The molecule has 5 heteroatoms. The number of hydrogen-bond acceptors (Lipinski definition) is 2. The van der Waals surface area contributed by atoms with Crippen molar-refractivity contribution in [3.05, 3.63) is 29.8 Å². The molecule has 4 nitrogen and oxygen atoms in total. The fourth-order valence-corrected chi connectivity index (χ4v) is 1.99. The number of aryl methyl sites for hydroxylation is 1. The van der Waals surface area contributed by atoms with Crippen LogP contribution in [0.15, 0.2) is 18.2 Å². The topological polar surface area (TPSA) is 55.1 Å². The number of nitrogens with zero attached hydrogens (tertiary/aromatic N) is 2. The van der Waals surface area contributed by atoms with Crippen molar-refractivity contribution in [1.29, 1.82) is 0 Å². The minimum absolute atomic E-state index is 0.0135. The number of rotatable bonds is 3. The van der Waals surface area contributed by atoms with Crippen LogP contribution in [0.2, 0.25) is 0 Å². The Balaban J connectivity index is 2.48. The molecule has 0 bridgehead atoms. The van der Waals surface area contributed by atoms with E-state index in [2.05, 4.69) is 4.98 Å². The molecule has 1 aromatic carbocycles. The van der Waals surface area contributed by atoms with E-state index in [4.69, 9.17) is 5.11 Å². The number of aromatic nitrogens is 2. The zero-order valence-corrected chi connectivity index (χ0v) is 9.64. The summed E-state index contributed by atoms with van der Waals surface area (Å²) in [6, 6.07) is 4.37. The van der Waals surface area contributed by atoms with E-state index in [1.807, 2.05) is 4.57 Å². The molecule has 2 rings (SSSR count). The lowest BCUT2D eigenvalue weighted by Crippen LogP contribution is -2.08. The van der Waals surface area contributed by atoms with E-state index in [0.29, 0.717) is 11.3 Å². The average molecular weight is 236 g/mol. The largest absolute Gasteiger partial charge is 0.481 e. The summed E-state index contributed by atoms with van der Waals surface area (Å²) in [6.07, 6.45) is 0.0135. The van der Waals surface area contributed by atoms with Crippen LogP contribution in [0.5, 0.6) is 0 Å². The van der Waals surface area contributed by atoms with Crippen molar-refractivity contribution in [1.82, 2.24) is 9.55 Å².